The van der Waals surface area contributed by atoms with Gasteiger partial charge in [-0.1, -0.05) is 44.0 Å². The molecule has 0 unspecified atom stereocenters. The minimum absolute atomic E-state index is 0.228. The van der Waals surface area contributed by atoms with Crippen molar-refractivity contribution >= 4 is 28.8 Å². The van der Waals surface area contributed by atoms with Crippen LogP contribution in [-0.2, 0) is 6.42 Å². The first-order valence-corrected chi connectivity index (χ1v) is 6.03. The van der Waals surface area contributed by atoms with Crippen molar-refractivity contribution in [2.24, 2.45) is 0 Å². The lowest BCUT2D eigenvalue weighted by atomic mass is 10.1. The molecule has 2 aromatic rings. The van der Waals surface area contributed by atoms with Gasteiger partial charge in [-0.2, -0.15) is 5.10 Å². The molecule has 0 radical (unpaired) electrons. The maximum absolute atomic E-state index is 6.29. The monoisotopic (exact) mass is 257 g/mol. The fraction of sp³-hybridized carbons (Fsp3) is 0.455. The van der Waals surface area contributed by atoms with Crippen LogP contribution < -0.4 is 0 Å². The molecule has 86 valence electrons. The van der Waals surface area contributed by atoms with E-state index >= 15 is 0 Å². The van der Waals surface area contributed by atoms with Crippen LogP contribution >= 0.6 is 23.2 Å². The fourth-order valence-electron chi connectivity index (χ4n) is 1.72. The number of halogens is 2. The first-order valence-electron chi connectivity index (χ1n) is 5.27. The number of aryl methyl sites for hydroxylation is 1. The molecule has 16 heavy (non-hydrogen) atoms. The van der Waals surface area contributed by atoms with E-state index in [0.717, 1.165) is 23.2 Å². The second-order valence-corrected chi connectivity index (χ2v) is 4.74. The molecule has 0 saturated heterocycles. The molecule has 2 heterocycles. The fourth-order valence-corrected chi connectivity index (χ4v) is 2.58. The van der Waals surface area contributed by atoms with Gasteiger partial charge in [0, 0.05) is 11.1 Å². The van der Waals surface area contributed by atoms with E-state index in [1.807, 2.05) is 13.8 Å². The normalized spacial score (nSPS) is 11.6. The molecule has 0 saturated carbocycles. The molecule has 2 rings (SSSR count). The van der Waals surface area contributed by atoms with E-state index < -0.39 is 0 Å². The van der Waals surface area contributed by atoms with E-state index in [9.17, 15) is 0 Å². The second-order valence-electron chi connectivity index (χ2n) is 4.02. The molecule has 0 aromatic carbocycles. The first kappa shape index (κ1) is 11.7. The first-order chi connectivity index (χ1) is 7.56. The molecule has 0 spiro atoms. The van der Waals surface area contributed by atoms with Gasteiger partial charge in [0.2, 0.25) is 0 Å². The van der Waals surface area contributed by atoms with Gasteiger partial charge in [0.1, 0.15) is 10.3 Å². The van der Waals surface area contributed by atoms with Crippen molar-refractivity contribution in [3.63, 3.8) is 0 Å². The van der Waals surface area contributed by atoms with Crippen LogP contribution in [0.5, 0.6) is 0 Å². The molecule has 0 aliphatic rings. The summed E-state index contributed by atoms with van der Waals surface area (Å²) in [5.41, 5.74) is 2.66. The maximum atomic E-state index is 6.29. The lowest BCUT2D eigenvalue weighted by Crippen LogP contribution is -2.02. The Kier molecular flexibility index (Phi) is 3.08. The Bertz CT molecular complexity index is 531. The molecule has 0 amide bonds. The summed E-state index contributed by atoms with van der Waals surface area (Å²) in [6.45, 7) is 6.12. The van der Waals surface area contributed by atoms with Crippen molar-refractivity contribution in [1.29, 1.82) is 0 Å². The number of fused-ring (bicyclic) bond motifs is 1. The zero-order valence-corrected chi connectivity index (χ0v) is 11.0. The maximum Gasteiger partial charge on any atom is 0.161 e. The molecule has 0 fully saturated rings. The summed E-state index contributed by atoms with van der Waals surface area (Å²) in [4.78, 5) is 4.37. The summed E-state index contributed by atoms with van der Waals surface area (Å²) in [7, 11) is 0. The van der Waals surface area contributed by atoms with Crippen LogP contribution in [0.4, 0.5) is 0 Å². The number of aromatic nitrogens is 3. The average Bonchev–Trinajstić information content (AvgIpc) is 2.60. The summed E-state index contributed by atoms with van der Waals surface area (Å²) < 4.78 is 1.65. The average molecular weight is 258 g/mol. The Morgan fingerprint density at radius 1 is 1.38 bits per heavy atom. The quantitative estimate of drug-likeness (QED) is 0.768. The van der Waals surface area contributed by atoms with Gasteiger partial charge in [-0.25, -0.2) is 9.50 Å². The molecule has 2 aromatic heterocycles. The number of rotatable bonds is 2. The Morgan fingerprint density at radius 3 is 2.62 bits per heavy atom. The zero-order valence-electron chi connectivity index (χ0n) is 9.46. The van der Waals surface area contributed by atoms with E-state index in [-0.39, 0.29) is 5.92 Å². The Morgan fingerprint density at radius 2 is 2.06 bits per heavy atom. The molecule has 3 nitrogen and oxygen atoms in total. The van der Waals surface area contributed by atoms with E-state index in [4.69, 9.17) is 23.2 Å². The number of hydrogen-bond acceptors (Lipinski definition) is 2. The van der Waals surface area contributed by atoms with Crippen molar-refractivity contribution in [3.05, 3.63) is 27.6 Å². The van der Waals surface area contributed by atoms with Crippen LogP contribution in [-0.4, -0.2) is 14.6 Å². The second kappa shape index (κ2) is 4.22. The van der Waals surface area contributed by atoms with Gasteiger partial charge in [-0.3, -0.25) is 0 Å². The van der Waals surface area contributed by atoms with Crippen LogP contribution in [0, 0.1) is 0 Å². The highest BCUT2D eigenvalue weighted by Gasteiger charge is 2.17. The third kappa shape index (κ3) is 1.68. The minimum Gasteiger partial charge on any atom is -0.216 e. The van der Waals surface area contributed by atoms with Gasteiger partial charge >= 0.3 is 0 Å². The summed E-state index contributed by atoms with van der Waals surface area (Å²) >= 11 is 12.4. The van der Waals surface area contributed by atoms with Gasteiger partial charge < -0.3 is 0 Å². The predicted molar refractivity (Wildman–Crippen MR) is 66.5 cm³/mol. The van der Waals surface area contributed by atoms with Crippen molar-refractivity contribution in [2.75, 3.05) is 0 Å². The number of nitrogens with zero attached hydrogens (tertiary/aromatic N) is 3. The van der Waals surface area contributed by atoms with Crippen LogP contribution in [0.1, 0.15) is 37.8 Å². The molecule has 0 aliphatic carbocycles. The molecule has 0 aliphatic heterocycles. The molecule has 0 atom stereocenters. The predicted octanol–water partition coefficient (Wildman–Crippen LogP) is 3.72. The zero-order chi connectivity index (χ0) is 11.9. The van der Waals surface area contributed by atoms with E-state index in [1.165, 1.54) is 0 Å². The standard InChI is InChI=1S/C11H13Cl2N3/c1-4-7-5-14-16-10(13)8(6(2)3)9(12)15-11(7)16/h5-6H,4H2,1-3H3. The smallest absolute Gasteiger partial charge is 0.161 e. The SMILES string of the molecule is CCc1cnn2c(Cl)c(C(C)C)c(Cl)nc12. The molecular formula is C11H13Cl2N3. The van der Waals surface area contributed by atoms with Crippen LogP contribution in [0.3, 0.4) is 0 Å². The van der Waals surface area contributed by atoms with Crippen LogP contribution in [0.2, 0.25) is 10.3 Å². The molecular weight excluding hydrogens is 245 g/mol. The molecule has 0 N–H and O–H groups in total. The highest BCUT2D eigenvalue weighted by Crippen LogP contribution is 2.31. The lowest BCUT2D eigenvalue weighted by Gasteiger charge is -2.11. The summed E-state index contributed by atoms with van der Waals surface area (Å²) in [6.07, 6.45) is 2.65. The Balaban J connectivity index is 2.80. The summed E-state index contributed by atoms with van der Waals surface area (Å²) in [5, 5.41) is 5.27. The molecule has 0 bridgehead atoms. The van der Waals surface area contributed by atoms with Crippen molar-refractivity contribution in [3.8, 4) is 0 Å². The van der Waals surface area contributed by atoms with Gasteiger partial charge in [-0.15, -0.1) is 0 Å². The minimum atomic E-state index is 0.228. The van der Waals surface area contributed by atoms with Crippen molar-refractivity contribution in [1.82, 2.24) is 14.6 Å². The van der Waals surface area contributed by atoms with Crippen molar-refractivity contribution in [2.45, 2.75) is 33.1 Å². The highest BCUT2D eigenvalue weighted by molar-refractivity contribution is 6.35. The van der Waals surface area contributed by atoms with Crippen molar-refractivity contribution < 1.29 is 0 Å². The number of hydrogen-bond donors (Lipinski definition) is 0. The third-order valence-electron chi connectivity index (χ3n) is 2.61. The summed E-state index contributed by atoms with van der Waals surface area (Å²) in [5.74, 6) is 0.228. The Hall–Kier alpha value is -0.800. The lowest BCUT2D eigenvalue weighted by molar-refractivity contribution is 0.822. The van der Waals surface area contributed by atoms with Gasteiger partial charge in [0.25, 0.3) is 0 Å². The van der Waals surface area contributed by atoms with E-state index in [0.29, 0.717) is 10.3 Å². The van der Waals surface area contributed by atoms with Gasteiger partial charge in [-0.05, 0) is 12.3 Å². The van der Waals surface area contributed by atoms with Crippen LogP contribution in [0.25, 0.3) is 5.65 Å². The highest BCUT2D eigenvalue weighted by atomic mass is 35.5. The van der Waals surface area contributed by atoms with E-state index in [1.54, 1.807) is 10.7 Å². The van der Waals surface area contributed by atoms with Gasteiger partial charge in [0.05, 0.1) is 6.20 Å². The Labute approximate surface area is 104 Å². The largest absolute Gasteiger partial charge is 0.216 e. The molecule has 5 heteroatoms. The van der Waals surface area contributed by atoms with Gasteiger partial charge in [0.15, 0.2) is 5.65 Å². The third-order valence-corrected chi connectivity index (χ3v) is 3.26. The topological polar surface area (TPSA) is 30.2 Å². The van der Waals surface area contributed by atoms with Crippen LogP contribution in [0.15, 0.2) is 6.20 Å². The van der Waals surface area contributed by atoms with E-state index in [2.05, 4.69) is 17.0 Å². The summed E-state index contributed by atoms with van der Waals surface area (Å²) in [6, 6.07) is 0.